The third-order valence-electron chi connectivity index (χ3n) is 6.14. The van der Waals surface area contributed by atoms with Crippen molar-refractivity contribution in [2.24, 2.45) is 16.3 Å². The summed E-state index contributed by atoms with van der Waals surface area (Å²) in [5.74, 6) is 1.19. The Labute approximate surface area is 181 Å². The summed E-state index contributed by atoms with van der Waals surface area (Å²) in [5, 5.41) is 7.04. The van der Waals surface area contributed by atoms with Crippen LogP contribution in [0, 0.1) is 17.2 Å². The van der Waals surface area contributed by atoms with Crippen molar-refractivity contribution >= 4 is 11.6 Å². The molecule has 0 aromatic heterocycles. The molecular formula is C24H39FN4O. The second kappa shape index (κ2) is 10.5. The number of benzene rings is 1. The van der Waals surface area contributed by atoms with Gasteiger partial charge in [-0.2, -0.15) is 0 Å². The maximum absolute atomic E-state index is 13.5. The van der Waals surface area contributed by atoms with Crippen LogP contribution in [0.5, 0.6) is 0 Å². The second-order valence-electron chi connectivity index (χ2n) is 9.66. The van der Waals surface area contributed by atoms with Gasteiger partial charge in [0.15, 0.2) is 5.96 Å². The minimum absolute atomic E-state index is 0.135. The zero-order valence-corrected chi connectivity index (χ0v) is 19.1. The molecule has 2 aliphatic heterocycles. The lowest BCUT2D eigenvalue weighted by Gasteiger charge is -2.39. The summed E-state index contributed by atoms with van der Waals surface area (Å²) >= 11 is 0. The fourth-order valence-corrected chi connectivity index (χ4v) is 4.66. The van der Waals surface area contributed by atoms with Gasteiger partial charge in [0, 0.05) is 50.4 Å². The molecule has 0 aliphatic carbocycles. The Bertz CT molecular complexity index is 695. The van der Waals surface area contributed by atoms with Crippen LogP contribution in [0.1, 0.15) is 53.4 Å². The molecule has 2 N–H and O–H groups in total. The standard InChI is InChI=1S/C24H39FN4O/c1-5-26-23(27-17-18-8-7-15-30-22(18)24(2,3)4)28-20-11-13-29(14-12-20)21-10-6-9-19(25)16-21/h6,9-10,16,18,20,22H,5,7-8,11-15,17H2,1-4H3,(H2,26,27,28). The lowest BCUT2D eigenvalue weighted by molar-refractivity contribution is -0.0823. The van der Waals surface area contributed by atoms with Crippen molar-refractivity contribution < 1.29 is 9.13 Å². The molecule has 2 fully saturated rings. The quantitative estimate of drug-likeness (QED) is 0.556. The van der Waals surface area contributed by atoms with Crippen LogP contribution in [0.2, 0.25) is 0 Å². The first kappa shape index (κ1) is 22.9. The number of anilines is 1. The summed E-state index contributed by atoms with van der Waals surface area (Å²) in [6.07, 6.45) is 4.58. The summed E-state index contributed by atoms with van der Waals surface area (Å²) < 4.78 is 19.6. The second-order valence-corrected chi connectivity index (χ2v) is 9.66. The maximum Gasteiger partial charge on any atom is 0.191 e. The molecule has 0 radical (unpaired) electrons. The molecule has 2 aliphatic rings. The van der Waals surface area contributed by atoms with E-state index in [2.05, 4.69) is 43.2 Å². The van der Waals surface area contributed by atoms with Gasteiger partial charge < -0.3 is 20.3 Å². The molecule has 2 atom stereocenters. The summed E-state index contributed by atoms with van der Waals surface area (Å²) in [4.78, 5) is 7.20. The van der Waals surface area contributed by atoms with E-state index >= 15 is 0 Å². The van der Waals surface area contributed by atoms with E-state index in [1.165, 1.54) is 12.5 Å². The van der Waals surface area contributed by atoms with Gasteiger partial charge in [0.05, 0.1) is 6.10 Å². The molecule has 3 rings (SSSR count). The number of hydrogen-bond donors (Lipinski definition) is 2. The van der Waals surface area contributed by atoms with E-state index in [4.69, 9.17) is 9.73 Å². The van der Waals surface area contributed by atoms with Gasteiger partial charge in [-0.15, -0.1) is 0 Å². The topological polar surface area (TPSA) is 48.9 Å². The summed E-state index contributed by atoms with van der Waals surface area (Å²) in [5.41, 5.74) is 1.11. The Hall–Kier alpha value is -1.82. The van der Waals surface area contributed by atoms with Crippen molar-refractivity contribution in [3.05, 3.63) is 30.1 Å². The van der Waals surface area contributed by atoms with Crippen LogP contribution in [0.25, 0.3) is 0 Å². The van der Waals surface area contributed by atoms with Gasteiger partial charge in [0.1, 0.15) is 5.82 Å². The van der Waals surface area contributed by atoms with Crippen LogP contribution < -0.4 is 15.5 Å². The molecule has 6 heteroatoms. The zero-order chi connectivity index (χ0) is 21.6. The van der Waals surface area contributed by atoms with E-state index in [0.29, 0.717) is 12.0 Å². The molecule has 2 heterocycles. The van der Waals surface area contributed by atoms with Crippen molar-refractivity contribution in [1.29, 1.82) is 0 Å². The number of ether oxygens (including phenoxy) is 1. The molecule has 168 valence electrons. The average Bonchev–Trinajstić information content (AvgIpc) is 2.72. The largest absolute Gasteiger partial charge is 0.377 e. The highest BCUT2D eigenvalue weighted by molar-refractivity contribution is 5.80. The van der Waals surface area contributed by atoms with Gasteiger partial charge in [-0.25, -0.2) is 4.39 Å². The molecule has 1 aromatic rings. The van der Waals surface area contributed by atoms with Gasteiger partial charge in [-0.05, 0) is 56.2 Å². The zero-order valence-electron chi connectivity index (χ0n) is 19.1. The van der Waals surface area contributed by atoms with E-state index in [9.17, 15) is 4.39 Å². The molecule has 30 heavy (non-hydrogen) atoms. The molecule has 5 nitrogen and oxygen atoms in total. The van der Waals surface area contributed by atoms with Gasteiger partial charge in [-0.3, -0.25) is 4.99 Å². The number of hydrogen-bond acceptors (Lipinski definition) is 3. The predicted octanol–water partition coefficient (Wildman–Crippen LogP) is 4.19. The molecule has 2 unspecified atom stereocenters. The summed E-state index contributed by atoms with van der Waals surface area (Å²) in [6, 6.07) is 7.27. The number of nitrogens with zero attached hydrogens (tertiary/aromatic N) is 2. The fourth-order valence-electron chi connectivity index (χ4n) is 4.66. The van der Waals surface area contributed by atoms with Crippen molar-refractivity contribution in [1.82, 2.24) is 10.6 Å². The minimum atomic E-state index is -0.172. The number of guanidine groups is 1. The SMILES string of the molecule is CCNC(=NCC1CCCOC1C(C)(C)C)NC1CCN(c2cccc(F)c2)CC1. The molecule has 0 amide bonds. The molecule has 2 saturated heterocycles. The highest BCUT2D eigenvalue weighted by Gasteiger charge is 2.35. The first-order valence-electron chi connectivity index (χ1n) is 11.5. The van der Waals surface area contributed by atoms with E-state index in [1.54, 1.807) is 12.1 Å². The van der Waals surface area contributed by atoms with E-state index in [0.717, 1.165) is 63.7 Å². The number of piperidine rings is 1. The van der Waals surface area contributed by atoms with Crippen molar-refractivity contribution in [2.45, 2.75) is 65.5 Å². The van der Waals surface area contributed by atoms with Gasteiger partial charge >= 0.3 is 0 Å². The predicted molar refractivity (Wildman–Crippen MR) is 123 cm³/mol. The normalized spacial score (nSPS) is 24.0. The highest BCUT2D eigenvalue weighted by Crippen LogP contribution is 2.34. The summed E-state index contributed by atoms with van der Waals surface area (Å²) in [7, 11) is 0. The fraction of sp³-hybridized carbons (Fsp3) is 0.708. The first-order valence-corrected chi connectivity index (χ1v) is 11.5. The molecule has 0 bridgehead atoms. The lowest BCUT2D eigenvalue weighted by Crippen LogP contribution is -2.49. The van der Waals surface area contributed by atoms with E-state index in [1.807, 2.05) is 6.07 Å². The van der Waals surface area contributed by atoms with Crippen molar-refractivity contribution in [3.8, 4) is 0 Å². The van der Waals surface area contributed by atoms with Crippen LogP contribution >= 0.6 is 0 Å². The third kappa shape index (κ3) is 6.34. The van der Waals surface area contributed by atoms with Crippen LogP contribution in [0.4, 0.5) is 10.1 Å². The van der Waals surface area contributed by atoms with Crippen LogP contribution in [0.3, 0.4) is 0 Å². The van der Waals surface area contributed by atoms with Crippen molar-refractivity contribution in [3.63, 3.8) is 0 Å². The van der Waals surface area contributed by atoms with Crippen molar-refractivity contribution in [2.75, 3.05) is 37.7 Å². The van der Waals surface area contributed by atoms with Gasteiger partial charge in [0.2, 0.25) is 0 Å². The van der Waals surface area contributed by atoms with Gasteiger partial charge in [-0.1, -0.05) is 26.8 Å². The monoisotopic (exact) mass is 418 g/mol. The van der Waals surface area contributed by atoms with E-state index in [-0.39, 0.29) is 17.3 Å². The number of nitrogens with one attached hydrogen (secondary N) is 2. The third-order valence-corrected chi connectivity index (χ3v) is 6.14. The Morgan fingerprint density at radius 1 is 1.23 bits per heavy atom. The number of halogens is 1. The molecule has 0 spiro atoms. The van der Waals surface area contributed by atoms with Gasteiger partial charge in [0.25, 0.3) is 0 Å². The molecule has 1 aromatic carbocycles. The lowest BCUT2D eigenvalue weighted by atomic mass is 9.78. The smallest absolute Gasteiger partial charge is 0.191 e. The number of aliphatic imine (C=N–C) groups is 1. The van der Waals surface area contributed by atoms with Crippen LogP contribution in [-0.4, -0.2) is 50.9 Å². The van der Waals surface area contributed by atoms with E-state index < -0.39 is 0 Å². The molecular weight excluding hydrogens is 379 g/mol. The number of rotatable bonds is 5. The average molecular weight is 419 g/mol. The Morgan fingerprint density at radius 2 is 2.00 bits per heavy atom. The Balaban J connectivity index is 1.55. The van der Waals surface area contributed by atoms with Crippen LogP contribution in [0.15, 0.2) is 29.3 Å². The maximum atomic E-state index is 13.5. The Morgan fingerprint density at radius 3 is 2.67 bits per heavy atom. The summed E-state index contributed by atoms with van der Waals surface area (Å²) in [6.45, 7) is 13.2. The minimum Gasteiger partial charge on any atom is -0.377 e. The molecule has 0 saturated carbocycles. The highest BCUT2D eigenvalue weighted by atomic mass is 19.1. The first-order chi connectivity index (χ1) is 14.4. The Kier molecular flexibility index (Phi) is 7.98. The van der Waals surface area contributed by atoms with Crippen LogP contribution in [-0.2, 0) is 4.74 Å².